The van der Waals surface area contributed by atoms with Crippen LogP contribution in [-0.4, -0.2) is 62.7 Å². The lowest BCUT2D eigenvalue weighted by Crippen LogP contribution is -2.43. The predicted molar refractivity (Wildman–Crippen MR) is 106 cm³/mol. The van der Waals surface area contributed by atoms with E-state index in [9.17, 15) is 19.8 Å². The minimum absolute atomic E-state index is 0.0113. The Morgan fingerprint density at radius 2 is 2.28 bits per heavy atom. The van der Waals surface area contributed by atoms with E-state index < -0.39 is 36.0 Å². The van der Waals surface area contributed by atoms with Crippen molar-refractivity contribution in [2.24, 2.45) is 0 Å². The summed E-state index contributed by atoms with van der Waals surface area (Å²) in [6.07, 6.45) is -0.810. The molecule has 1 aliphatic heterocycles. The number of aromatic nitrogens is 2. The van der Waals surface area contributed by atoms with E-state index in [2.05, 4.69) is 10.1 Å². The number of unbranched alkanes of at least 4 members (excludes halogenated alkanes) is 1. The Balaban J connectivity index is 1.87. The minimum atomic E-state index is -1.55. The highest BCUT2D eigenvalue weighted by molar-refractivity contribution is 7.35. The summed E-state index contributed by atoms with van der Waals surface area (Å²) in [5, 5.41) is 23.7. The molecule has 0 spiro atoms. The Morgan fingerprint density at radius 3 is 2.93 bits per heavy atom. The van der Waals surface area contributed by atoms with Crippen molar-refractivity contribution in [3.8, 4) is 0 Å². The summed E-state index contributed by atoms with van der Waals surface area (Å²) in [6.45, 7) is 5.54. The number of aliphatic hydroxyl groups excluding tert-OH is 2. The van der Waals surface area contributed by atoms with Gasteiger partial charge in [-0.1, -0.05) is 13.3 Å². The molecule has 12 heteroatoms. The van der Waals surface area contributed by atoms with Gasteiger partial charge in [-0.3, -0.25) is 14.4 Å². The lowest BCUT2D eigenvalue weighted by molar-refractivity contribution is -0.246. The van der Waals surface area contributed by atoms with Crippen LogP contribution in [0.25, 0.3) is 0 Å². The highest BCUT2D eigenvalue weighted by Gasteiger charge is 2.53. The van der Waals surface area contributed by atoms with Crippen molar-refractivity contribution < 1.29 is 29.2 Å². The molecule has 29 heavy (non-hydrogen) atoms. The molecule has 2 heterocycles. The van der Waals surface area contributed by atoms with Crippen LogP contribution in [0, 0.1) is 0 Å². The average molecular weight is 432 g/mol. The van der Waals surface area contributed by atoms with Crippen molar-refractivity contribution in [1.82, 2.24) is 14.6 Å². The highest BCUT2D eigenvalue weighted by atomic mass is 31.1. The predicted octanol–water partition coefficient (Wildman–Crippen LogP) is -0.319. The molecule has 1 saturated heterocycles. The molecule has 0 aliphatic carbocycles. The first-order valence-corrected chi connectivity index (χ1v) is 10.6. The monoisotopic (exact) mass is 432 g/mol. The second-order valence-electron chi connectivity index (χ2n) is 6.85. The largest absolute Gasteiger partial charge is 0.465 e. The van der Waals surface area contributed by atoms with E-state index in [1.54, 1.807) is 6.92 Å². The third kappa shape index (κ3) is 5.94. The standard InChI is InChI=1S/C17H29N4O7P/c1-4-5-8-26-15(24)10(2)20-29-9-27-17(3)13(23)12(22)14(28-17)21-7-6-11(18)19-16(21)25/h6-7,10,12-14,20,22-23,29H,4-5,8-9H2,1-3H3,(H2,18,19,25)/t10-,12+,13-,14+,17-/m0/s1. The maximum Gasteiger partial charge on any atom is 0.351 e. The fraction of sp³-hybridized carbons (Fsp3) is 0.706. The average Bonchev–Trinajstić information content (AvgIpc) is 2.89. The van der Waals surface area contributed by atoms with Crippen molar-refractivity contribution in [3.63, 3.8) is 0 Å². The van der Waals surface area contributed by atoms with Gasteiger partial charge in [0.25, 0.3) is 0 Å². The van der Waals surface area contributed by atoms with Crippen LogP contribution in [0.3, 0.4) is 0 Å². The van der Waals surface area contributed by atoms with E-state index >= 15 is 0 Å². The van der Waals surface area contributed by atoms with E-state index in [4.69, 9.17) is 19.9 Å². The van der Waals surface area contributed by atoms with E-state index in [-0.39, 0.29) is 26.9 Å². The molecule has 164 valence electrons. The Bertz CT molecular complexity index is 749. The number of rotatable bonds is 10. The van der Waals surface area contributed by atoms with Crippen LogP contribution in [0.5, 0.6) is 0 Å². The Morgan fingerprint density at radius 1 is 1.55 bits per heavy atom. The van der Waals surface area contributed by atoms with E-state index in [0.29, 0.717) is 6.61 Å². The van der Waals surface area contributed by atoms with Gasteiger partial charge < -0.3 is 30.2 Å². The quantitative estimate of drug-likeness (QED) is 0.219. The molecule has 0 aromatic carbocycles. The lowest BCUT2D eigenvalue weighted by Gasteiger charge is -2.28. The summed E-state index contributed by atoms with van der Waals surface area (Å²) in [6, 6.07) is 0.876. The SMILES string of the molecule is CCCCOC(=O)[C@H](C)NPCO[C@@]1(C)O[C@@H](n2ccc(N)nc2=O)[C@H](O)[C@@H]1O. The van der Waals surface area contributed by atoms with Crippen molar-refractivity contribution in [2.45, 2.75) is 63.9 Å². The Labute approximate surface area is 170 Å². The minimum Gasteiger partial charge on any atom is -0.465 e. The number of nitrogen functional groups attached to an aromatic ring is 1. The molecule has 5 N–H and O–H groups in total. The summed E-state index contributed by atoms with van der Waals surface area (Å²) < 4.78 is 17.4. The fourth-order valence-corrected chi connectivity index (χ4v) is 3.55. The van der Waals surface area contributed by atoms with Crippen LogP contribution >= 0.6 is 8.73 Å². The first kappa shape index (κ1) is 23.7. The number of hydrogen-bond donors (Lipinski definition) is 4. The van der Waals surface area contributed by atoms with Crippen LogP contribution in [0.2, 0.25) is 0 Å². The number of anilines is 1. The zero-order valence-corrected chi connectivity index (χ0v) is 17.7. The molecule has 0 radical (unpaired) electrons. The molecule has 1 fully saturated rings. The van der Waals surface area contributed by atoms with E-state index in [0.717, 1.165) is 17.4 Å². The first-order valence-electron chi connectivity index (χ1n) is 9.37. The molecule has 6 atom stereocenters. The maximum absolute atomic E-state index is 12.0. The Kier molecular flexibility index (Phi) is 8.50. The molecule has 11 nitrogen and oxygen atoms in total. The number of hydrogen-bond acceptors (Lipinski definition) is 10. The second kappa shape index (κ2) is 10.4. The summed E-state index contributed by atoms with van der Waals surface area (Å²) >= 11 is 0. The molecule has 1 aromatic rings. The number of nitrogens with zero attached hydrogens (tertiary/aromatic N) is 2. The van der Waals surface area contributed by atoms with Gasteiger partial charge in [-0.15, -0.1) is 0 Å². The first-order chi connectivity index (χ1) is 13.7. The smallest absolute Gasteiger partial charge is 0.351 e. The summed E-state index contributed by atoms with van der Waals surface area (Å²) in [7, 11) is 0.0113. The zero-order valence-electron chi connectivity index (χ0n) is 16.7. The van der Waals surface area contributed by atoms with Gasteiger partial charge in [0, 0.05) is 6.20 Å². The fourth-order valence-electron chi connectivity index (χ4n) is 2.68. The van der Waals surface area contributed by atoms with Crippen LogP contribution in [0.1, 0.15) is 39.8 Å². The van der Waals surface area contributed by atoms with Gasteiger partial charge >= 0.3 is 11.7 Å². The molecular formula is C17H29N4O7P. The lowest BCUT2D eigenvalue weighted by atomic mass is 10.1. The highest BCUT2D eigenvalue weighted by Crippen LogP contribution is 2.38. The number of carbonyl (C=O) groups is 1. The van der Waals surface area contributed by atoms with Gasteiger partial charge in [0.15, 0.2) is 12.0 Å². The second-order valence-corrected chi connectivity index (χ2v) is 7.79. The van der Waals surface area contributed by atoms with Gasteiger partial charge in [0.05, 0.1) is 13.0 Å². The summed E-state index contributed by atoms with van der Waals surface area (Å²) in [5.74, 6) is -1.86. The molecule has 1 unspecified atom stereocenters. The summed E-state index contributed by atoms with van der Waals surface area (Å²) in [4.78, 5) is 27.4. The zero-order chi connectivity index (χ0) is 21.6. The molecule has 0 bridgehead atoms. The number of nitrogens with two attached hydrogens (primary N) is 1. The van der Waals surface area contributed by atoms with Crippen LogP contribution in [0.15, 0.2) is 17.1 Å². The topological polar surface area (TPSA) is 158 Å². The number of aliphatic hydroxyl groups is 2. The molecule has 0 amide bonds. The third-order valence-corrected chi connectivity index (χ3v) is 5.40. The number of ether oxygens (including phenoxy) is 3. The maximum atomic E-state index is 12.0. The van der Waals surface area contributed by atoms with Crippen molar-refractivity contribution >= 4 is 20.5 Å². The van der Waals surface area contributed by atoms with Crippen molar-refractivity contribution in [1.29, 1.82) is 0 Å². The molecule has 1 aromatic heterocycles. The van der Waals surface area contributed by atoms with Gasteiger partial charge in [-0.2, -0.15) is 4.98 Å². The third-order valence-electron chi connectivity index (χ3n) is 4.48. The van der Waals surface area contributed by atoms with E-state index in [1.807, 2.05) is 6.92 Å². The van der Waals surface area contributed by atoms with Gasteiger partial charge in [0.2, 0.25) is 0 Å². The molecule has 2 rings (SSSR count). The van der Waals surface area contributed by atoms with E-state index in [1.165, 1.54) is 19.2 Å². The van der Waals surface area contributed by atoms with Crippen molar-refractivity contribution in [2.75, 3.05) is 18.7 Å². The van der Waals surface area contributed by atoms with Crippen LogP contribution in [-0.2, 0) is 19.0 Å². The van der Waals surface area contributed by atoms with Gasteiger partial charge in [-0.05, 0) is 35.1 Å². The number of esters is 1. The Hall–Kier alpha value is -1.62. The van der Waals surface area contributed by atoms with Gasteiger partial charge in [0.1, 0.15) is 24.1 Å². The summed E-state index contributed by atoms with van der Waals surface area (Å²) in [5.41, 5.74) is 4.74. The number of carbonyl (C=O) groups excluding carboxylic acids is 1. The normalized spacial score (nSPS) is 28.1. The molecule has 1 aliphatic rings. The van der Waals surface area contributed by atoms with Crippen LogP contribution in [0.4, 0.5) is 5.82 Å². The number of nitrogens with one attached hydrogen (secondary N) is 1. The molecular weight excluding hydrogens is 403 g/mol. The van der Waals surface area contributed by atoms with Gasteiger partial charge in [-0.25, -0.2) is 4.79 Å². The molecule has 0 saturated carbocycles. The van der Waals surface area contributed by atoms with Crippen molar-refractivity contribution in [3.05, 3.63) is 22.7 Å². The van der Waals surface area contributed by atoms with Crippen LogP contribution < -0.4 is 16.5 Å².